The van der Waals surface area contributed by atoms with Gasteiger partial charge in [-0.1, -0.05) is 6.07 Å². The van der Waals surface area contributed by atoms with E-state index in [0.717, 1.165) is 0 Å². The van der Waals surface area contributed by atoms with Gasteiger partial charge in [-0.3, -0.25) is 14.8 Å². The second kappa shape index (κ2) is 4.86. The Morgan fingerprint density at radius 2 is 2.26 bits per heavy atom. The minimum atomic E-state index is -0.442. The van der Waals surface area contributed by atoms with Crippen molar-refractivity contribution in [1.29, 1.82) is 5.26 Å². The summed E-state index contributed by atoms with van der Waals surface area (Å²) in [5.74, 6) is 0. The molecular formula is C12H11N5O2. The van der Waals surface area contributed by atoms with Crippen LogP contribution in [0.3, 0.4) is 0 Å². The van der Waals surface area contributed by atoms with Gasteiger partial charge in [-0.25, -0.2) is 4.98 Å². The Morgan fingerprint density at radius 3 is 2.84 bits per heavy atom. The van der Waals surface area contributed by atoms with Crippen LogP contribution in [0.2, 0.25) is 0 Å². The highest BCUT2D eigenvalue weighted by atomic mass is 16.6. The van der Waals surface area contributed by atoms with Crippen molar-refractivity contribution in [3.8, 4) is 6.07 Å². The molecule has 96 valence electrons. The van der Waals surface area contributed by atoms with E-state index in [1.165, 1.54) is 10.9 Å². The Morgan fingerprint density at radius 1 is 1.53 bits per heavy atom. The summed E-state index contributed by atoms with van der Waals surface area (Å²) in [7, 11) is 0. The zero-order chi connectivity index (χ0) is 14.0. The summed E-state index contributed by atoms with van der Waals surface area (Å²) >= 11 is 0. The van der Waals surface area contributed by atoms with E-state index in [-0.39, 0.29) is 12.2 Å². The van der Waals surface area contributed by atoms with E-state index in [1.54, 1.807) is 26.0 Å². The lowest BCUT2D eigenvalue weighted by atomic mass is 10.2. The Labute approximate surface area is 109 Å². The van der Waals surface area contributed by atoms with Crippen molar-refractivity contribution in [1.82, 2.24) is 14.8 Å². The Hall–Kier alpha value is -2.75. The van der Waals surface area contributed by atoms with Gasteiger partial charge in [0, 0.05) is 11.8 Å². The van der Waals surface area contributed by atoms with Crippen LogP contribution in [0.4, 0.5) is 5.69 Å². The van der Waals surface area contributed by atoms with Crippen molar-refractivity contribution in [2.45, 2.75) is 20.4 Å². The molecule has 0 aliphatic heterocycles. The normalized spacial score (nSPS) is 10.2. The van der Waals surface area contributed by atoms with Crippen LogP contribution < -0.4 is 0 Å². The van der Waals surface area contributed by atoms with Crippen LogP contribution in [0.5, 0.6) is 0 Å². The largest absolute Gasteiger partial charge is 0.312 e. The molecule has 0 spiro atoms. The van der Waals surface area contributed by atoms with Gasteiger partial charge < -0.3 is 0 Å². The lowest BCUT2D eigenvalue weighted by Crippen LogP contribution is -2.06. The Kier molecular flexibility index (Phi) is 3.25. The first-order valence-corrected chi connectivity index (χ1v) is 5.57. The molecular weight excluding hydrogens is 246 g/mol. The van der Waals surface area contributed by atoms with Crippen LogP contribution in [-0.4, -0.2) is 19.7 Å². The molecule has 7 heteroatoms. The number of hydrogen-bond donors (Lipinski definition) is 0. The third-order valence-corrected chi connectivity index (χ3v) is 2.84. The van der Waals surface area contributed by atoms with E-state index >= 15 is 0 Å². The summed E-state index contributed by atoms with van der Waals surface area (Å²) in [6, 6.07) is 5.47. The van der Waals surface area contributed by atoms with Crippen LogP contribution >= 0.6 is 0 Å². The molecule has 2 aromatic heterocycles. The fraction of sp³-hybridized carbons (Fsp3) is 0.250. The molecule has 0 unspecified atom stereocenters. The third kappa shape index (κ3) is 2.28. The number of aromatic nitrogens is 3. The van der Waals surface area contributed by atoms with Gasteiger partial charge in [0.15, 0.2) is 0 Å². The summed E-state index contributed by atoms with van der Waals surface area (Å²) in [6.07, 6.45) is 1.53. The number of pyridine rings is 1. The molecule has 0 atom stereocenters. The van der Waals surface area contributed by atoms with Gasteiger partial charge in [0.25, 0.3) is 0 Å². The quantitative estimate of drug-likeness (QED) is 0.616. The van der Waals surface area contributed by atoms with Crippen LogP contribution in [0.15, 0.2) is 18.3 Å². The number of nitriles is 1. The van der Waals surface area contributed by atoms with E-state index in [9.17, 15) is 10.1 Å². The standard InChI is InChI=1S/C12H11N5O2/c1-8-12(17(18)19)9(2)16(15-8)7-10-4-3-5-14-11(10)6-13/h3-5H,7H2,1-2H3. The van der Waals surface area contributed by atoms with Crippen LogP contribution in [-0.2, 0) is 6.54 Å². The highest BCUT2D eigenvalue weighted by Crippen LogP contribution is 2.22. The first-order valence-electron chi connectivity index (χ1n) is 5.57. The van der Waals surface area contributed by atoms with Gasteiger partial charge in [-0.05, 0) is 19.9 Å². The SMILES string of the molecule is Cc1nn(Cc2cccnc2C#N)c(C)c1[N+](=O)[O-]. The molecule has 19 heavy (non-hydrogen) atoms. The minimum absolute atomic E-state index is 0.0161. The average Bonchev–Trinajstić information content (AvgIpc) is 2.65. The van der Waals surface area contributed by atoms with Gasteiger partial charge >= 0.3 is 5.69 Å². The van der Waals surface area contributed by atoms with E-state index in [0.29, 0.717) is 22.6 Å². The molecule has 7 nitrogen and oxygen atoms in total. The molecule has 0 aromatic carbocycles. The maximum absolute atomic E-state index is 10.9. The van der Waals surface area contributed by atoms with Crippen LogP contribution in [0, 0.1) is 35.3 Å². The van der Waals surface area contributed by atoms with Crippen LogP contribution in [0.1, 0.15) is 22.6 Å². The predicted molar refractivity (Wildman–Crippen MR) is 66.4 cm³/mol. The highest BCUT2D eigenvalue weighted by molar-refractivity contribution is 5.40. The van der Waals surface area contributed by atoms with Crippen molar-refractivity contribution in [2.24, 2.45) is 0 Å². The molecule has 0 saturated carbocycles. The maximum Gasteiger partial charge on any atom is 0.312 e. The van der Waals surface area contributed by atoms with Gasteiger partial charge in [-0.2, -0.15) is 10.4 Å². The van der Waals surface area contributed by atoms with Crippen molar-refractivity contribution in [2.75, 3.05) is 0 Å². The second-order valence-corrected chi connectivity index (χ2v) is 4.06. The Balaban J connectivity index is 2.43. The van der Waals surface area contributed by atoms with Crippen molar-refractivity contribution in [3.05, 3.63) is 51.1 Å². The third-order valence-electron chi connectivity index (χ3n) is 2.84. The fourth-order valence-corrected chi connectivity index (χ4v) is 1.93. The molecule has 2 heterocycles. The van der Waals surface area contributed by atoms with Gasteiger partial charge in [0.1, 0.15) is 23.2 Å². The average molecular weight is 257 g/mol. The van der Waals surface area contributed by atoms with E-state index < -0.39 is 4.92 Å². The number of rotatable bonds is 3. The van der Waals surface area contributed by atoms with Crippen molar-refractivity contribution >= 4 is 5.69 Å². The summed E-state index contributed by atoms with van der Waals surface area (Å²) < 4.78 is 1.52. The molecule has 0 bridgehead atoms. The minimum Gasteiger partial charge on any atom is -0.258 e. The number of hydrogen-bond acceptors (Lipinski definition) is 5. The molecule has 0 radical (unpaired) electrons. The first-order chi connectivity index (χ1) is 9.04. The Bertz CT molecular complexity index is 684. The first kappa shape index (κ1) is 12.7. The number of nitro groups is 1. The summed E-state index contributed by atoms with van der Waals surface area (Å²) in [4.78, 5) is 14.4. The molecule has 0 N–H and O–H groups in total. The van der Waals surface area contributed by atoms with E-state index in [2.05, 4.69) is 10.1 Å². The van der Waals surface area contributed by atoms with Crippen LogP contribution in [0.25, 0.3) is 0 Å². The summed E-state index contributed by atoms with van der Waals surface area (Å²) in [6.45, 7) is 3.52. The molecule has 0 amide bonds. The number of nitrogens with zero attached hydrogens (tertiary/aromatic N) is 5. The molecule has 0 saturated heterocycles. The smallest absolute Gasteiger partial charge is 0.258 e. The summed E-state index contributed by atoms with van der Waals surface area (Å²) in [5, 5.41) is 24.0. The number of aryl methyl sites for hydroxylation is 1. The van der Waals surface area contributed by atoms with Gasteiger partial charge in [0.2, 0.25) is 0 Å². The van der Waals surface area contributed by atoms with Crippen molar-refractivity contribution in [3.63, 3.8) is 0 Å². The van der Waals surface area contributed by atoms with Gasteiger partial charge in [-0.15, -0.1) is 0 Å². The van der Waals surface area contributed by atoms with E-state index in [4.69, 9.17) is 5.26 Å². The topological polar surface area (TPSA) is 97.6 Å². The fourth-order valence-electron chi connectivity index (χ4n) is 1.93. The lowest BCUT2D eigenvalue weighted by Gasteiger charge is -2.04. The predicted octanol–water partition coefficient (Wildman–Crippen LogP) is 1.72. The molecule has 0 aliphatic rings. The van der Waals surface area contributed by atoms with Crippen molar-refractivity contribution < 1.29 is 4.92 Å². The molecule has 0 aliphatic carbocycles. The maximum atomic E-state index is 10.9. The van der Waals surface area contributed by atoms with E-state index in [1.807, 2.05) is 6.07 Å². The van der Waals surface area contributed by atoms with Gasteiger partial charge in [0.05, 0.1) is 11.5 Å². The zero-order valence-corrected chi connectivity index (χ0v) is 10.5. The summed E-state index contributed by atoms with van der Waals surface area (Å²) in [5.41, 5.74) is 1.84. The second-order valence-electron chi connectivity index (χ2n) is 4.06. The monoisotopic (exact) mass is 257 g/mol. The molecule has 2 rings (SSSR count). The molecule has 2 aromatic rings. The highest BCUT2D eigenvalue weighted by Gasteiger charge is 2.22. The zero-order valence-electron chi connectivity index (χ0n) is 10.5. The molecule has 0 fully saturated rings. The lowest BCUT2D eigenvalue weighted by molar-refractivity contribution is -0.386.